The highest BCUT2D eigenvalue weighted by molar-refractivity contribution is 5.93. The Balaban J connectivity index is 1.55. The molecule has 5 rings (SSSR count). The molecule has 1 aromatic heterocycles. The summed E-state index contributed by atoms with van der Waals surface area (Å²) in [4.78, 5) is 27.9. The molecule has 1 unspecified atom stereocenters. The zero-order valence-electron chi connectivity index (χ0n) is 13.5. The quantitative estimate of drug-likeness (QED) is 0.869. The van der Waals surface area contributed by atoms with Gasteiger partial charge in [0.15, 0.2) is 0 Å². The molecule has 3 aliphatic carbocycles. The average molecular weight is 349 g/mol. The summed E-state index contributed by atoms with van der Waals surface area (Å²) in [5.41, 5.74) is -0.663. The highest BCUT2D eigenvalue weighted by atomic mass is 19.3. The van der Waals surface area contributed by atoms with Gasteiger partial charge < -0.3 is 10.4 Å². The number of carbonyl (C=O) groups is 2. The number of para-hydroxylation sites is 2. The van der Waals surface area contributed by atoms with Crippen LogP contribution in [0.3, 0.4) is 0 Å². The SMILES string of the molecule is CC(NC(=O)C12CC(C(=O)O)(C1)C2)c1nc2ccccc2n1C(F)F. The van der Waals surface area contributed by atoms with E-state index in [-0.39, 0.29) is 11.7 Å². The Bertz CT molecular complexity index is 873. The van der Waals surface area contributed by atoms with Crippen LogP contribution in [-0.4, -0.2) is 26.5 Å². The number of carbonyl (C=O) groups excluding carboxylic acids is 1. The van der Waals surface area contributed by atoms with Crippen LogP contribution in [0.15, 0.2) is 24.3 Å². The van der Waals surface area contributed by atoms with Crippen LogP contribution in [0.5, 0.6) is 0 Å². The number of aromatic nitrogens is 2. The van der Waals surface area contributed by atoms with Crippen molar-refractivity contribution < 1.29 is 23.5 Å². The highest BCUT2D eigenvalue weighted by Crippen LogP contribution is 2.73. The van der Waals surface area contributed by atoms with Gasteiger partial charge in [-0.25, -0.2) is 4.98 Å². The van der Waals surface area contributed by atoms with Gasteiger partial charge in [-0.3, -0.25) is 14.2 Å². The molecular weight excluding hydrogens is 332 g/mol. The van der Waals surface area contributed by atoms with Gasteiger partial charge >= 0.3 is 12.5 Å². The van der Waals surface area contributed by atoms with E-state index >= 15 is 0 Å². The molecule has 25 heavy (non-hydrogen) atoms. The zero-order valence-corrected chi connectivity index (χ0v) is 13.5. The summed E-state index contributed by atoms with van der Waals surface area (Å²) in [6, 6.07) is 5.87. The summed E-state index contributed by atoms with van der Waals surface area (Å²) in [5, 5.41) is 11.9. The van der Waals surface area contributed by atoms with Crippen LogP contribution < -0.4 is 5.32 Å². The Morgan fingerprint density at radius 2 is 1.88 bits per heavy atom. The summed E-state index contributed by atoms with van der Waals surface area (Å²) in [7, 11) is 0. The van der Waals surface area contributed by atoms with Gasteiger partial charge in [0.2, 0.25) is 5.91 Å². The lowest BCUT2D eigenvalue weighted by molar-refractivity contribution is -0.220. The lowest BCUT2D eigenvalue weighted by Crippen LogP contribution is -2.70. The van der Waals surface area contributed by atoms with Gasteiger partial charge in [-0.2, -0.15) is 8.78 Å². The van der Waals surface area contributed by atoms with E-state index < -0.39 is 29.4 Å². The number of nitrogens with one attached hydrogen (secondary N) is 1. The van der Waals surface area contributed by atoms with Crippen molar-refractivity contribution in [1.82, 2.24) is 14.9 Å². The lowest BCUT2D eigenvalue weighted by atomic mass is 9.35. The molecule has 3 fully saturated rings. The fraction of sp³-hybridized carbons (Fsp3) is 0.471. The first-order chi connectivity index (χ1) is 11.8. The summed E-state index contributed by atoms with van der Waals surface area (Å²) < 4.78 is 27.8. The predicted octanol–water partition coefficient (Wildman–Crippen LogP) is 2.86. The number of hydrogen-bond donors (Lipinski definition) is 2. The van der Waals surface area contributed by atoms with Crippen LogP contribution in [0.1, 0.15) is 44.6 Å². The molecule has 3 saturated carbocycles. The zero-order chi connectivity index (χ0) is 18.0. The summed E-state index contributed by atoms with van der Waals surface area (Å²) in [5.74, 6) is -1.06. The van der Waals surface area contributed by atoms with Gasteiger partial charge in [-0.05, 0) is 38.3 Å². The molecule has 2 N–H and O–H groups in total. The minimum absolute atomic E-state index is 0.0871. The smallest absolute Gasteiger partial charge is 0.320 e. The van der Waals surface area contributed by atoms with Crippen molar-refractivity contribution in [3.05, 3.63) is 30.1 Å². The summed E-state index contributed by atoms with van der Waals surface area (Å²) >= 11 is 0. The van der Waals surface area contributed by atoms with Crippen molar-refractivity contribution >= 4 is 22.9 Å². The molecule has 1 aromatic carbocycles. The first-order valence-corrected chi connectivity index (χ1v) is 8.07. The van der Waals surface area contributed by atoms with Crippen molar-refractivity contribution in [3.8, 4) is 0 Å². The van der Waals surface area contributed by atoms with Crippen LogP contribution in [0.25, 0.3) is 11.0 Å². The van der Waals surface area contributed by atoms with Crippen molar-refractivity contribution in [2.45, 2.75) is 38.8 Å². The summed E-state index contributed by atoms with van der Waals surface area (Å²) in [6.07, 6.45) is 0.956. The number of nitrogens with zero attached hydrogens (tertiary/aromatic N) is 2. The van der Waals surface area contributed by atoms with Gasteiger partial charge in [-0.15, -0.1) is 0 Å². The molecule has 1 amide bonds. The molecule has 3 aliphatic rings. The molecule has 0 saturated heterocycles. The monoisotopic (exact) mass is 349 g/mol. The molecule has 1 atom stereocenters. The standard InChI is InChI=1S/C17H17F2N3O3/c1-9(20-13(23)16-6-17(7-16,8-16)14(24)25)12-21-10-4-2-3-5-11(10)22(12)15(18)19/h2-5,9,15H,6-8H2,1H3,(H,20,23)(H,24,25). The Hall–Kier alpha value is -2.51. The maximum Gasteiger partial charge on any atom is 0.320 e. The number of alkyl halides is 2. The predicted molar refractivity (Wildman–Crippen MR) is 83.9 cm³/mol. The Morgan fingerprint density at radius 3 is 2.48 bits per heavy atom. The van der Waals surface area contributed by atoms with Crippen LogP contribution in [0.4, 0.5) is 8.78 Å². The van der Waals surface area contributed by atoms with E-state index in [9.17, 15) is 18.4 Å². The number of benzene rings is 1. The van der Waals surface area contributed by atoms with E-state index in [0.717, 1.165) is 4.57 Å². The van der Waals surface area contributed by atoms with Gasteiger partial charge in [0.25, 0.3) is 0 Å². The second kappa shape index (κ2) is 5.00. The molecular formula is C17H17F2N3O3. The van der Waals surface area contributed by atoms with Gasteiger partial charge in [0.05, 0.1) is 27.9 Å². The van der Waals surface area contributed by atoms with Crippen molar-refractivity contribution in [3.63, 3.8) is 0 Å². The first-order valence-electron chi connectivity index (χ1n) is 8.07. The van der Waals surface area contributed by atoms with Crippen LogP contribution in [0.2, 0.25) is 0 Å². The van der Waals surface area contributed by atoms with E-state index in [4.69, 9.17) is 5.11 Å². The fourth-order valence-electron chi connectivity index (χ4n) is 4.24. The van der Waals surface area contributed by atoms with E-state index in [2.05, 4.69) is 10.3 Å². The number of aliphatic carboxylic acids is 1. The van der Waals surface area contributed by atoms with Crippen molar-refractivity contribution in [2.75, 3.05) is 0 Å². The maximum absolute atomic E-state index is 13.5. The molecule has 0 spiro atoms. The third kappa shape index (κ3) is 2.09. The number of halogens is 2. The van der Waals surface area contributed by atoms with Crippen LogP contribution in [0, 0.1) is 10.8 Å². The first kappa shape index (κ1) is 16.0. The minimum Gasteiger partial charge on any atom is -0.481 e. The molecule has 0 radical (unpaired) electrons. The Morgan fingerprint density at radius 1 is 1.24 bits per heavy atom. The maximum atomic E-state index is 13.5. The topological polar surface area (TPSA) is 84.2 Å². The number of imidazole rings is 1. The number of carboxylic acids is 1. The van der Waals surface area contributed by atoms with Gasteiger partial charge in [-0.1, -0.05) is 12.1 Å². The van der Waals surface area contributed by atoms with E-state index in [1.807, 2.05) is 0 Å². The second-order valence-corrected chi connectivity index (χ2v) is 7.20. The number of carboxylic acid groups (broad SMARTS) is 1. The fourth-order valence-corrected chi connectivity index (χ4v) is 4.24. The normalized spacial score (nSPS) is 28.3. The third-order valence-electron chi connectivity index (χ3n) is 5.52. The molecule has 2 aromatic rings. The summed E-state index contributed by atoms with van der Waals surface area (Å²) in [6.45, 7) is -1.16. The number of rotatable bonds is 5. The third-order valence-corrected chi connectivity index (χ3v) is 5.52. The van der Waals surface area contributed by atoms with Crippen molar-refractivity contribution in [2.24, 2.45) is 10.8 Å². The second-order valence-electron chi connectivity index (χ2n) is 7.20. The Kier molecular flexibility index (Phi) is 3.20. The number of fused-ring (bicyclic) bond motifs is 1. The lowest BCUT2D eigenvalue weighted by Gasteiger charge is -2.66. The van der Waals surface area contributed by atoms with E-state index in [1.54, 1.807) is 31.2 Å². The van der Waals surface area contributed by atoms with E-state index in [1.165, 1.54) is 0 Å². The highest BCUT2D eigenvalue weighted by Gasteiger charge is 2.75. The Labute approximate surface area is 141 Å². The number of amides is 1. The van der Waals surface area contributed by atoms with Crippen LogP contribution in [-0.2, 0) is 9.59 Å². The van der Waals surface area contributed by atoms with Gasteiger partial charge in [0.1, 0.15) is 5.82 Å². The molecule has 8 heteroatoms. The molecule has 2 bridgehead atoms. The van der Waals surface area contributed by atoms with Crippen molar-refractivity contribution in [1.29, 1.82) is 0 Å². The average Bonchev–Trinajstić information content (AvgIpc) is 2.83. The number of hydrogen-bond acceptors (Lipinski definition) is 3. The molecule has 6 nitrogen and oxygen atoms in total. The van der Waals surface area contributed by atoms with E-state index in [0.29, 0.717) is 30.3 Å². The largest absolute Gasteiger partial charge is 0.481 e. The minimum atomic E-state index is -2.77. The molecule has 1 heterocycles. The molecule has 132 valence electrons. The van der Waals surface area contributed by atoms with Gasteiger partial charge in [0, 0.05) is 0 Å². The van der Waals surface area contributed by atoms with Crippen LogP contribution >= 0.6 is 0 Å². The molecule has 0 aliphatic heterocycles.